The van der Waals surface area contributed by atoms with Gasteiger partial charge in [-0.3, -0.25) is 8.37 Å². The van der Waals surface area contributed by atoms with Crippen molar-refractivity contribution in [2.45, 2.75) is 100 Å². The average Bonchev–Trinajstić information content (AvgIpc) is 3.08. The molecular formula is C17H28F6O10S2Si. The summed E-state index contributed by atoms with van der Waals surface area (Å²) in [6.45, 7) is 10.3. The number of alkyl halides is 6. The first-order valence-corrected chi connectivity index (χ1v) is 16.1. The van der Waals surface area contributed by atoms with Gasteiger partial charge in [0.2, 0.25) is 0 Å². The predicted octanol–water partition coefficient (Wildman–Crippen LogP) is 3.35. The Morgan fingerprint density at radius 3 is 1.86 bits per heavy atom. The summed E-state index contributed by atoms with van der Waals surface area (Å²) >= 11 is 0. The largest absolute Gasteiger partial charge is 0.523 e. The van der Waals surface area contributed by atoms with Crippen LogP contribution in [-0.4, -0.2) is 79.3 Å². The number of rotatable bonds is 8. The summed E-state index contributed by atoms with van der Waals surface area (Å²) in [6.07, 6.45) is -10.1. The molecule has 0 aromatic heterocycles. The Hall–Kier alpha value is -0.543. The van der Waals surface area contributed by atoms with Crippen LogP contribution in [0.3, 0.4) is 0 Å². The molecule has 0 bridgehead atoms. The summed E-state index contributed by atoms with van der Waals surface area (Å²) in [7, 11) is -15.5. The van der Waals surface area contributed by atoms with Gasteiger partial charge in [0, 0.05) is 0 Å². The molecule has 0 aliphatic carbocycles. The van der Waals surface area contributed by atoms with E-state index >= 15 is 0 Å². The van der Waals surface area contributed by atoms with Crippen molar-refractivity contribution < 1.29 is 70.2 Å². The molecule has 0 saturated carbocycles. The van der Waals surface area contributed by atoms with Crippen molar-refractivity contribution in [1.29, 1.82) is 0 Å². The van der Waals surface area contributed by atoms with Crippen molar-refractivity contribution in [2.24, 2.45) is 0 Å². The van der Waals surface area contributed by atoms with E-state index in [1.807, 2.05) is 0 Å². The Balaban J connectivity index is 2.51. The highest BCUT2D eigenvalue weighted by Crippen LogP contribution is 2.43. The van der Waals surface area contributed by atoms with Crippen molar-refractivity contribution in [2.75, 3.05) is 6.61 Å². The molecule has 0 N–H and O–H groups in total. The second kappa shape index (κ2) is 9.58. The molecule has 2 saturated heterocycles. The smallest absolute Gasteiger partial charge is 0.414 e. The minimum atomic E-state index is -6.34. The zero-order valence-corrected chi connectivity index (χ0v) is 22.9. The lowest BCUT2D eigenvalue weighted by molar-refractivity contribution is -0.224. The minimum absolute atomic E-state index is 0.529. The van der Waals surface area contributed by atoms with Crippen molar-refractivity contribution >= 4 is 28.6 Å². The highest BCUT2D eigenvalue weighted by Gasteiger charge is 2.62. The predicted molar refractivity (Wildman–Crippen MR) is 112 cm³/mol. The molecule has 0 amide bonds. The Kier molecular flexibility index (Phi) is 8.43. The third-order valence-corrected chi connectivity index (χ3v) is 12.5. The van der Waals surface area contributed by atoms with Crippen LogP contribution < -0.4 is 0 Å². The summed E-state index contributed by atoms with van der Waals surface area (Å²) in [5.74, 6) is -1.50. The minimum Gasteiger partial charge on any atom is -0.414 e. The average molecular weight is 599 g/mol. The fraction of sp³-hybridized carbons (Fsp3) is 1.00. The molecule has 0 aromatic rings. The first kappa shape index (κ1) is 31.7. The maximum Gasteiger partial charge on any atom is 0.523 e. The molecule has 0 unspecified atom stereocenters. The van der Waals surface area contributed by atoms with E-state index in [2.05, 4.69) is 8.37 Å². The summed E-state index contributed by atoms with van der Waals surface area (Å²) in [5.41, 5.74) is -11.8. The summed E-state index contributed by atoms with van der Waals surface area (Å²) in [5, 5.41) is -0.529. The third-order valence-electron chi connectivity index (χ3n) is 5.86. The summed E-state index contributed by atoms with van der Waals surface area (Å²) in [4.78, 5) is 0. The van der Waals surface area contributed by atoms with Crippen LogP contribution in [0, 0.1) is 0 Å². The molecule has 0 spiro atoms. The molecule has 2 aliphatic rings. The van der Waals surface area contributed by atoms with E-state index < -0.39 is 87.7 Å². The number of hydrogen-bond donors (Lipinski definition) is 0. The topological polar surface area (TPSA) is 124 Å². The summed E-state index contributed by atoms with van der Waals surface area (Å²) in [6, 6.07) is 0. The van der Waals surface area contributed by atoms with Crippen molar-refractivity contribution in [3.63, 3.8) is 0 Å². The fourth-order valence-corrected chi connectivity index (χ4v) is 5.25. The van der Waals surface area contributed by atoms with Gasteiger partial charge in [-0.25, -0.2) is 0 Å². The quantitative estimate of drug-likeness (QED) is 0.178. The first-order chi connectivity index (χ1) is 15.7. The zero-order valence-electron chi connectivity index (χ0n) is 20.3. The molecule has 19 heteroatoms. The van der Waals surface area contributed by atoms with Gasteiger partial charge in [0.1, 0.15) is 24.4 Å². The Morgan fingerprint density at radius 1 is 0.917 bits per heavy atom. The second-order valence-electron chi connectivity index (χ2n) is 10.1. The maximum absolute atomic E-state index is 13.1. The van der Waals surface area contributed by atoms with E-state index in [9.17, 15) is 43.2 Å². The van der Waals surface area contributed by atoms with Gasteiger partial charge in [-0.05, 0) is 32.0 Å². The normalized spacial score (nSPS) is 28.8. The zero-order chi connectivity index (χ0) is 28.3. The monoisotopic (exact) mass is 598 g/mol. The van der Waals surface area contributed by atoms with Gasteiger partial charge in [-0.1, -0.05) is 20.8 Å². The summed E-state index contributed by atoms with van der Waals surface area (Å²) < 4.78 is 156. The van der Waals surface area contributed by atoms with Crippen molar-refractivity contribution in [1.82, 2.24) is 0 Å². The fourth-order valence-electron chi connectivity index (χ4n) is 3.02. The van der Waals surface area contributed by atoms with Crippen LogP contribution in [-0.2, 0) is 47.2 Å². The number of fused-ring (bicyclic) bond motifs is 1. The molecule has 2 rings (SSSR count). The maximum atomic E-state index is 13.1. The van der Waals surface area contributed by atoms with Crippen LogP contribution in [0.25, 0.3) is 0 Å². The van der Waals surface area contributed by atoms with E-state index in [0.717, 1.165) is 0 Å². The van der Waals surface area contributed by atoms with Crippen LogP contribution in [0.15, 0.2) is 0 Å². The van der Waals surface area contributed by atoms with Gasteiger partial charge in [0.25, 0.3) is 0 Å². The molecule has 2 aliphatic heterocycles. The highest BCUT2D eigenvalue weighted by atomic mass is 32.2. The van der Waals surface area contributed by atoms with E-state index in [0.29, 0.717) is 0 Å². The molecule has 10 nitrogen and oxygen atoms in total. The van der Waals surface area contributed by atoms with Crippen molar-refractivity contribution in [3.8, 4) is 0 Å². The molecule has 214 valence electrons. The Bertz CT molecular complexity index is 1020. The van der Waals surface area contributed by atoms with Gasteiger partial charge in [0.15, 0.2) is 20.4 Å². The Morgan fingerprint density at radius 2 is 1.42 bits per heavy atom. The third kappa shape index (κ3) is 6.71. The van der Waals surface area contributed by atoms with Crippen LogP contribution in [0.2, 0.25) is 18.1 Å². The SMILES string of the molecule is CC1(C)O[C@H]2O[C@H]([C@@H](CO[Si](C)(C)C(C)(C)C)OS(=O)(=O)C(F)(F)F)[C@@H](OS(=O)(=O)C(F)(F)F)[C@H]2O1. The standard InChI is InChI=1S/C17H28F6O10S2Si/c1-14(2,3)36(6,7)28-8-9(32-34(24,25)16(18,19)20)10-11(33-35(26,27)17(21,22)23)12-13(29-10)31-15(4,5)30-12/h9-13H,8H2,1-7H3/t9-,10-,11-,12-,13-/m1/s1. The molecular weight excluding hydrogens is 570 g/mol. The van der Waals surface area contributed by atoms with Gasteiger partial charge in [-0.15, -0.1) is 0 Å². The molecule has 5 atom stereocenters. The van der Waals surface area contributed by atoms with Gasteiger partial charge in [-0.2, -0.15) is 43.2 Å². The lowest BCUT2D eigenvalue weighted by atomic mass is 10.1. The lowest BCUT2D eigenvalue weighted by Gasteiger charge is -2.38. The van der Waals surface area contributed by atoms with E-state index in [1.54, 1.807) is 33.9 Å². The van der Waals surface area contributed by atoms with Crippen LogP contribution in [0.4, 0.5) is 26.3 Å². The number of halogens is 6. The lowest BCUT2D eigenvalue weighted by Crippen LogP contribution is -2.51. The number of hydrogen-bond acceptors (Lipinski definition) is 10. The molecule has 0 radical (unpaired) electrons. The van der Waals surface area contributed by atoms with Gasteiger partial charge < -0.3 is 18.6 Å². The van der Waals surface area contributed by atoms with Gasteiger partial charge in [0.05, 0.1) is 6.61 Å². The van der Waals surface area contributed by atoms with Crippen LogP contribution in [0.1, 0.15) is 34.6 Å². The molecule has 2 heterocycles. The van der Waals surface area contributed by atoms with Crippen molar-refractivity contribution in [3.05, 3.63) is 0 Å². The first-order valence-electron chi connectivity index (χ1n) is 10.3. The second-order valence-corrected chi connectivity index (χ2v) is 18.1. The van der Waals surface area contributed by atoms with E-state index in [-0.39, 0.29) is 0 Å². The number of ether oxygens (including phenoxy) is 3. The van der Waals surface area contributed by atoms with E-state index in [4.69, 9.17) is 18.6 Å². The molecule has 0 aromatic carbocycles. The van der Waals surface area contributed by atoms with Crippen LogP contribution in [0.5, 0.6) is 0 Å². The highest BCUT2D eigenvalue weighted by molar-refractivity contribution is 7.87. The van der Waals surface area contributed by atoms with Crippen LogP contribution >= 0.6 is 0 Å². The molecule has 36 heavy (non-hydrogen) atoms. The molecule has 2 fully saturated rings. The Labute approximate surface area is 205 Å². The van der Waals surface area contributed by atoms with Gasteiger partial charge >= 0.3 is 31.3 Å². The van der Waals surface area contributed by atoms with E-state index in [1.165, 1.54) is 13.8 Å².